The number of fused-ring (bicyclic) bond motifs is 1. The average Bonchev–Trinajstić information content (AvgIpc) is 3.29. The highest BCUT2D eigenvalue weighted by molar-refractivity contribution is 5.71. The molecule has 1 N–H and O–H groups in total. The first-order valence-electron chi connectivity index (χ1n) is 8.61. The number of nitrogens with zero attached hydrogens (tertiary/aromatic N) is 3. The highest BCUT2D eigenvalue weighted by atomic mass is 16.5. The van der Waals surface area contributed by atoms with Crippen LogP contribution in [0, 0.1) is 6.92 Å². The standard InChI is InChI=1S/C19H22N4O2/c1-13-10-18(20-12-14-6-5-9-25-14)23-19(21-13)11-16(22-23)15-7-3-4-8-17(15)24-2/h3-4,7-8,10-11,14,20H,5-6,9,12H2,1-2H3/t14-/m0/s1. The van der Waals surface area contributed by atoms with Crippen LogP contribution in [0.15, 0.2) is 36.4 Å². The first kappa shape index (κ1) is 15.9. The van der Waals surface area contributed by atoms with E-state index in [1.54, 1.807) is 7.11 Å². The molecule has 0 bridgehead atoms. The predicted molar refractivity (Wildman–Crippen MR) is 97.2 cm³/mol. The van der Waals surface area contributed by atoms with Crippen LogP contribution < -0.4 is 10.1 Å². The number of methoxy groups -OCH3 is 1. The zero-order valence-electron chi connectivity index (χ0n) is 14.5. The number of ether oxygens (including phenoxy) is 2. The number of para-hydroxylation sites is 1. The molecule has 0 amide bonds. The second-order valence-corrected chi connectivity index (χ2v) is 6.30. The Kier molecular flexibility index (Phi) is 4.28. The fraction of sp³-hybridized carbons (Fsp3) is 0.368. The molecule has 0 radical (unpaired) electrons. The van der Waals surface area contributed by atoms with Gasteiger partial charge in [-0.1, -0.05) is 12.1 Å². The topological polar surface area (TPSA) is 60.7 Å². The Morgan fingerprint density at radius 1 is 1.32 bits per heavy atom. The van der Waals surface area contributed by atoms with E-state index in [0.29, 0.717) is 0 Å². The summed E-state index contributed by atoms with van der Waals surface area (Å²) in [6.07, 6.45) is 2.51. The van der Waals surface area contributed by atoms with E-state index in [-0.39, 0.29) is 6.10 Å². The third-order valence-corrected chi connectivity index (χ3v) is 4.47. The van der Waals surface area contributed by atoms with Crippen molar-refractivity contribution in [2.24, 2.45) is 0 Å². The molecule has 1 saturated heterocycles. The molecule has 130 valence electrons. The zero-order chi connectivity index (χ0) is 17.2. The average molecular weight is 338 g/mol. The van der Waals surface area contributed by atoms with Gasteiger partial charge in [0.15, 0.2) is 5.65 Å². The minimum Gasteiger partial charge on any atom is -0.496 e. The fourth-order valence-electron chi connectivity index (χ4n) is 3.24. The van der Waals surface area contributed by atoms with Crippen LogP contribution in [0.2, 0.25) is 0 Å². The lowest BCUT2D eigenvalue weighted by Crippen LogP contribution is -2.20. The predicted octanol–water partition coefficient (Wildman–Crippen LogP) is 3.30. The third kappa shape index (κ3) is 3.17. The van der Waals surface area contributed by atoms with E-state index in [9.17, 15) is 0 Å². The highest BCUT2D eigenvalue weighted by Crippen LogP contribution is 2.29. The van der Waals surface area contributed by atoms with Gasteiger partial charge in [0.1, 0.15) is 11.6 Å². The van der Waals surface area contributed by atoms with Crippen molar-refractivity contribution in [2.75, 3.05) is 25.6 Å². The molecule has 4 rings (SSSR count). The molecule has 1 aromatic carbocycles. The van der Waals surface area contributed by atoms with E-state index in [2.05, 4.69) is 10.3 Å². The molecule has 1 atom stereocenters. The van der Waals surface area contributed by atoms with Crippen molar-refractivity contribution in [3.05, 3.63) is 42.1 Å². The molecular formula is C19H22N4O2. The molecular weight excluding hydrogens is 316 g/mol. The van der Waals surface area contributed by atoms with Gasteiger partial charge in [-0.05, 0) is 31.9 Å². The van der Waals surface area contributed by atoms with Gasteiger partial charge in [-0.15, -0.1) is 0 Å². The van der Waals surface area contributed by atoms with E-state index in [0.717, 1.165) is 60.2 Å². The summed E-state index contributed by atoms with van der Waals surface area (Å²) in [7, 11) is 1.67. The van der Waals surface area contributed by atoms with Crippen molar-refractivity contribution in [2.45, 2.75) is 25.9 Å². The van der Waals surface area contributed by atoms with Crippen LogP contribution in [0.4, 0.5) is 5.82 Å². The van der Waals surface area contributed by atoms with Crippen LogP contribution in [-0.2, 0) is 4.74 Å². The van der Waals surface area contributed by atoms with E-state index in [1.165, 1.54) is 0 Å². The van der Waals surface area contributed by atoms with Gasteiger partial charge in [0, 0.05) is 36.5 Å². The fourth-order valence-corrected chi connectivity index (χ4v) is 3.24. The van der Waals surface area contributed by atoms with Gasteiger partial charge in [0.25, 0.3) is 0 Å². The van der Waals surface area contributed by atoms with Gasteiger partial charge < -0.3 is 14.8 Å². The van der Waals surface area contributed by atoms with Crippen LogP contribution in [0.25, 0.3) is 16.9 Å². The largest absolute Gasteiger partial charge is 0.496 e. The van der Waals surface area contributed by atoms with Gasteiger partial charge >= 0.3 is 0 Å². The Hall–Kier alpha value is -2.60. The monoisotopic (exact) mass is 338 g/mol. The molecule has 6 heteroatoms. The second-order valence-electron chi connectivity index (χ2n) is 6.30. The summed E-state index contributed by atoms with van der Waals surface area (Å²) in [4.78, 5) is 4.61. The maximum atomic E-state index is 5.70. The van der Waals surface area contributed by atoms with Gasteiger partial charge in [-0.3, -0.25) is 0 Å². The summed E-state index contributed by atoms with van der Waals surface area (Å²) in [6.45, 7) is 3.63. The van der Waals surface area contributed by atoms with E-state index < -0.39 is 0 Å². The molecule has 1 fully saturated rings. The molecule has 0 saturated carbocycles. The van der Waals surface area contributed by atoms with E-state index in [4.69, 9.17) is 14.6 Å². The summed E-state index contributed by atoms with van der Waals surface area (Å²) in [5, 5.41) is 8.22. The van der Waals surface area contributed by atoms with Crippen molar-refractivity contribution in [3.63, 3.8) is 0 Å². The Balaban J connectivity index is 1.70. The molecule has 6 nitrogen and oxygen atoms in total. The number of anilines is 1. The lowest BCUT2D eigenvalue weighted by atomic mass is 10.1. The van der Waals surface area contributed by atoms with Crippen molar-refractivity contribution < 1.29 is 9.47 Å². The van der Waals surface area contributed by atoms with Crippen molar-refractivity contribution in [1.82, 2.24) is 14.6 Å². The Bertz CT molecular complexity index is 884. The molecule has 0 unspecified atom stereocenters. The van der Waals surface area contributed by atoms with Crippen molar-refractivity contribution >= 4 is 11.5 Å². The minimum absolute atomic E-state index is 0.271. The molecule has 0 aliphatic carbocycles. The van der Waals surface area contributed by atoms with Gasteiger partial charge in [0.2, 0.25) is 0 Å². The summed E-state index contributed by atoms with van der Waals surface area (Å²) in [5.74, 6) is 1.73. The second kappa shape index (κ2) is 6.72. The van der Waals surface area contributed by atoms with E-state index in [1.807, 2.05) is 47.8 Å². The van der Waals surface area contributed by atoms with Gasteiger partial charge in [0.05, 0.1) is 18.9 Å². The van der Waals surface area contributed by atoms with E-state index >= 15 is 0 Å². The van der Waals surface area contributed by atoms with Gasteiger partial charge in [-0.25, -0.2) is 4.98 Å². The number of nitrogens with one attached hydrogen (secondary N) is 1. The number of benzene rings is 1. The smallest absolute Gasteiger partial charge is 0.158 e. The zero-order valence-corrected chi connectivity index (χ0v) is 14.5. The molecule has 2 aromatic heterocycles. The number of rotatable bonds is 5. The lowest BCUT2D eigenvalue weighted by Gasteiger charge is -2.13. The number of hydrogen-bond donors (Lipinski definition) is 1. The van der Waals surface area contributed by atoms with Crippen LogP contribution in [0.3, 0.4) is 0 Å². The molecule has 25 heavy (non-hydrogen) atoms. The summed E-state index contributed by atoms with van der Waals surface area (Å²) in [5.41, 5.74) is 3.57. The molecule has 1 aliphatic rings. The lowest BCUT2D eigenvalue weighted by molar-refractivity contribution is 0.120. The highest BCUT2D eigenvalue weighted by Gasteiger charge is 2.17. The summed E-state index contributed by atoms with van der Waals surface area (Å²) >= 11 is 0. The third-order valence-electron chi connectivity index (χ3n) is 4.47. The first-order chi connectivity index (χ1) is 12.2. The first-order valence-corrected chi connectivity index (χ1v) is 8.61. The quantitative estimate of drug-likeness (QED) is 0.773. The van der Waals surface area contributed by atoms with Crippen molar-refractivity contribution in [1.29, 1.82) is 0 Å². The Morgan fingerprint density at radius 2 is 2.20 bits per heavy atom. The van der Waals surface area contributed by atoms with Crippen LogP contribution in [0.5, 0.6) is 5.75 Å². The summed E-state index contributed by atoms with van der Waals surface area (Å²) < 4.78 is 13.0. The maximum absolute atomic E-state index is 5.70. The van der Waals surface area contributed by atoms with Gasteiger partial charge in [-0.2, -0.15) is 9.61 Å². The molecule has 3 heterocycles. The normalized spacial score (nSPS) is 17.1. The van der Waals surface area contributed by atoms with Crippen LogP contribution in [0.1, 0.15) is 18.5 Å². The van der Waals surface area contributed by atoms with Crippen molar-refractivity contribution in [3.8, 4) is 17.0 Å². The van der Waals surface area contributed by atoms with Crippen LogP contribution >= 0.6 is 0 Å². The minimum atomic E-state index is 0.271. The number of aromatic nitrogens is 3. The number of aryl methyl sites for hydroxylation is 1. The maximum Gasteiger partial charge on any atom is 0.158 e. The number of hydrogen-bond acceptors (Lipinski definition) is 5. The summed E-state index contributed by atoms with van der Waals surface area (Å²) in [6, 6.07) is 11.9. The Labute approximate surface area is 146 Å². The SMILES string of the molecule is COc1ccccc1-c1cc2nc(C)cc(NC[C@@H]3CCCO3)n2n1. The Morgan fingerprint density at radius 3 is 3.00 bits per heavy atom. The molecule has 1 aliphatic heterocycles. The molecule has 3 aromatic rings. The van der Waals surface area contributed by atoms with Crippen LogP contribution in [-0.4, -0.2) is 41.0 Å². The molecule has 0 spiro atoms.